The van der Waals surface area contributed by atoms with Crippen molar-refractivity contribution in [2.45, 2.75) is 6.42 Å². The molecule has 1 aromatic carbocycles. The van der Waals surface area contributed by atoms with Crippen LogP contribution in [0.2, 0.25) is 0 Å². The van der Waals surface area contributed by atoms with Gasteiger partial charge in [0.25, 0.3) is 0 Å². The molecule has 114 valence electrons. The van der Waals surface area contributed by atoms with E-state index in [1.54, 1.807) is 31.4 Å². The highest BCUT2D eigenvalue weighted by molar-refractivity contribution is 5.90. The fourth-order valence-electron chi connectivity index (χ4n) is 1.77. The van der Waals surface area contributed by atoms with Gasteiger partial charge < -0.3 is 20.3 Å². The minimum Gasteiger partial charge on any atom is -0.383 e. The first-order valence-electron chi connectivity index (χ1n) is 6.89. The van der Waals surface area contributed by atoms with Gasteiger partial charge in [-0.1, -0.05) is 12.1 Å². The number of amides is 2. The number of carbonyl (C=O) groups is 1. The Kier molecular flexibility index (Phi) is 7.87. The summed E-state index contributed by atoms with van der Waals surface area (Å²) < 4.78 is 5.00. The lowest BCUT2D eigenvalue weighted by Crippen LogP contribution is -2.32. The first-order chi connectivity index (χ1) is 10.2. The quantitative estimate of drug-likeness (QED) is 0.714. The van der Waals surface area contributed by atoms with Crippen molar-refractivity contribution in [3.63, 3.8) is 0 Å². The number of anilines is 1. The van der Waals surface area contributed by atoms with Crippen LogP contribution in [0.25, 0.3) is 0 Å². The second-order valence-corrected chi connectivity index (χ2v) is 4.69. The number of hydrogen-bond donors (Lipinski definition) is 2. The normalized spacial score (nSPS) is 10.2. The molecule has 0 heterocycles. The number of nitriles is 1. The Labute approximate surface area is 125 Å². The number of benzene rings is 1. The van der Waals surface area contributed by atoms with Crippen molar-refractivity contribution in [1.82, 2.24) is 10.2 Å². The SMILES string of the molecule is COCCN(C)CCCNC(=O)Nc1ccccc1C#N. The Morgan fingerprint density at radius 2 is 2.14 bits per heavy atom. The van der Waals surface area contributed by atoms with Crippen LogP contribution >= 0.6 is 0 Å². The topological polar surface area (TPSA) is 77.4 Å². The fraction of sp³-hybridized carbons (Fsp3) is 0.467. The summed E-state index contributed by atoms with van der Waals surface area (Å²) in [6.07, 6.45) is 0.855. The first kappa shape index (κ1) is 17.0. The maximum absolute atomic E-state index is 11.7. The van der Waals surface area contributed by atoms with Crippen LogP contribution in [-0.2, 0) is 4.74 Å². The summed E-state index contributed by atoms with van der Waals surface area (Å²) in [6.45, 7) is 3.05. The van der Waals surface area contributed by atoms with E-state index in [1.165, 1.54) is 0 Å². The second kappa shape index (κ2) is 9.75. The van der Waals surface area contributed by atoms with Gasteiger partial charge in [-0.2, -0.15) is 5.26 Å². The monoisotopic (exact) mass is 290 g/mol. The predicted molar refractivity (Wildman–Crippen MR) is 82.2 cm³/mol. The zero-order chi connectivity index (χ0) is 15.5. The fourth-order valence-corrected chi connectivity index (χ4v) is 1.77. The van der Waals surface area contributed by atoms with Gasteiger partial charge in [-0.15, -0.1) is 0 Å². The van der Waals surface area contributed by atoms with Crippen molar-refractivity contribution in [2.75, 3.05) is 45.7 Å². The first-order valence-corrected chi connectivity index (χ1v) is 6.89. The summed E-state index contributed by atoms with van der Waals surface area (Å²) in [7, 11) is 3.70. The lowest BCUT2D eigenvalue weighted by molar-refractivity contribution is 0.160. The van der Waals surface area contributed by atoms with Crippen molar-refractivity contribution in [2.24, 2.45) is 0 Å². The van der Waals surface area contributed by atoms with E-state index in [0.717, 1.165) is 19.5 Å². The van der Waals surface area contributed by atoms with Crippen LogP contribution in [0.4, 0.5) is 10.5 Å². The number of para-hydroxylation sites is 1. The molecule has 1 aromatic rings. The van der Waals surface area contributed by atoms with Gasteiger partial charge in [0.1, 0.15) is 6.07 Å². The number of urea groups is 1. The molecule has 0 fully saturated rings. The number of carbonyl (C=O) groups excluding carboxylic acids is 1. The number of methoxy groups -OCH3 is 1. The summed E-state index contributed by atoms with van der Waals surface area (Å²) in [5.41, 5.74) is 0.974. The van der Waals surface area contributed by atoms with Crippen LogP contribution < -0.4 is 10.6 Å². The minimum absolute atomic E-state index is 0.294. The molecule has 6 heteroatoms. The Morgan fingerprint density at radius 3 is 2.86 bits per heavy atom. The van der Waals surface area contributed by atoms with Crippen molar-refractivity contribution in [1.29, 1.82) is 5.26 Å². The Bertz CT molecular complexity index is 485. The zero-order valence-electron chi connectivity index (χ0n) is 12.6. The summed E-state index contributed by atoms with van der Waals surface area (Å²) in [5, 5.41) is 14.4. The Balaban J connectivity index is 2.24. The van der Waals surface area contributed by atoms with E-state index in [0.29, 0.717) is 24.4 Å². The third-order valence-corrected chi connectivity index (χ3v) is 2.98. The maximum atomic E-state index is 11.7. The van der Waals surface area contributed by atoms with Crippen LogP contribution in [0, 0.1) is 11.3 Å². The molecule has 0 radical (unpaired) electrons. The van der Waals surface area contributed by atoms with Crippen molar-refractivity contribution in [3.05, 3.63) is 29.8 Å². The lowest BCUT2D eigenvalue weighted by Gasteiger charge is -2.16. The Morgan fingerprint density at radius 1 is 1.38 bits per heavy atom. The smallest absolute Gasteiger partial charge is 0.319 e. The third kappa shape index (κ3) is 6.75. The van der Waals surface area contributed by atoms with Crippen molar-refractivity contribution < 1.29 is 9.53 Å². The largest absolute Gasteiger partial charge is 0.383 e. The molecule has 0 saturated heterocycles. The highest BCUT2D eigenvalue weighted by Crippen LogP contribution is 2.12. The standard InChI is InChI=1S/C15H22N4O2/c1-19(10-11-21-2)9-5-8-17-15(20)18-14-7-4-3-6-13(14)12-16/h3-4,6-7H,5,8-11H2,1-2H3,(H2,17,18,20). The van der Waals surface area contributed by atoms with Gasteiger partial charge in [0.15, 0.2) is 0 Å². The molecule has 1 rings (SSSR count). The summed E-state index contributed by atoms with van der Waals surface area (Å²) in [4.78, 5) is 13.9. The molecule has 2 amide bonds. The number of likely N-dealkylation sites (N-methyl/N-ethyl adjacent to an activating group) is 1. The van der Waals surface area contributed by atoms with E-state index in [1.807, 2.05) is 13.1 Å². The van der Waals surface area contributed by atoms with Gasteiger partial charge in [0.2, 0.25) is 0 Å². The number of ether oxygens (including phenoxy) is 1. The van der Waals surface area contributed by atoms with E-state index in [-0.39, 0.29) is 6.03 Å². The summed E-state index contributed by atoms with van der Waals surface area (Å²) in [6, 6.07) is 8.66. The van der Waals surface area contributed by atoms with Crippen molar-refractivity contribution >= 4 is 11.7 Å². The molecule has 0 aliphatic rings. The molecule has 0 aliphatic carbocycles. The second-order valence-electron chi connectivity index (χ2n) is 4.69. The number of hydrogen-bond acceptors (Lipinski definition) is 4. The van der Waals surface area contributed by atoms with Crippen molar-refractivity contribution in [3.8, 4) is 6.07 Å². The molecule has 0 unspecified atom stereocenters. The highest BCUT2D eigenvalue weighted by atomic mass is 16.5. The summed E-state index contributed by atoms with van der Waals surface area (Å²) in [5.74, 6) is 0. The molecule has 0 saturated carbocycles. The van der Waals surface area contributed by atoms with Crippen LogP contribution in [0.5, 0.6) is 0 Å². The van der Waals surface area contributed by atoms with Gasteiger partial charge >= 0.3 is 6.03 Å². The highest BCUT2D eigenvalue weighted by Gasteiger charge is 2.05. The van der Waals surface area contributed by atoms with E-state index in [9.17, 15) is 4.79 Å². The van der Waals surface area contributed by atoms with Gasteiger partial charge in [-0.3, -0.25) is 0 Å². The maximum Gasteiger partial charge on any atom is 0.319 e. The van der Waals surface area contributed by atoms with Gasteiger partial charge in [-0.05, 0) is 32.1 Å². The van der Waals surface area contributed by atoms with Crippen LogP contribution in [0.3, 0.4) is 0 Å². The molecule has 6 nitrogen and oxygen atoms in total. The van der Waals surface area contributed by atoms with E-state index < -0.39 is 0 Å². The van der Waals surface area contributed by atoms with Crippen LogP contribution in [0.15, 0.2) is 24.3 Å². The molecule has 0 atom stereocenters. The molecule has 0 spiro atoms. The Hall–Kier alpha value is -2.10. The van der Waals surface area contributed by atoms with Crippen LogP contribution in [0.1, 0.15) is 12.0 Å². The zero-order valence-corrected chi connectivity index (χ0v) is 12.6. The number of rotatable bonds is 8. The minimum atomic E-state index is -0.294. The van der Waals surface area contributed by atoms with E-state index in [2.05, 4.69) is 15.5 Å². The molecule has 0 aliphatic heterocycles. The average molecular weight is 290 g/mol. The molecular weight excluding hydrogens is 268 g/mol. The molecule has 2 N–H and O–H groups in total. The molecule has 0 bridgehead atoms. The molecule has 21 heavy (non-hydrogen) atoms. The van der Waals surface area contributed by atoms with Crippen LogP contribution in [-0.4, -0.2) is 51.3 Å². The van der Waals surface area contributed by atoms with Gasteiger partial charge in [-0.25, -0.2) is 4.79 Å². The predicted octanol–water partition coefficient (Wildman–Crippen LogP) is 1.65. The van der Waals surface area contributed by atoms with E-state index >= 15 is 0 Å². The number of nitrogens with zero attached hydrogens (tertiary/aromatic N) is 2. The van der Waals surface area contributed by atoms with E-state index in [4.69, 9.17) is 10.00 Å². The lowest BCUT2D eigenvalue weighted by atomic mass is 10.2. The third-order valence-electron chi connectivity index (χ3n) is 2.98. The average Bonchev–Trinajstić information content (AvgIpc) is 2.50. The van der Waals surface area contributed by atoms with Gasteiger partial charge in [0, 0.05) is 20.2 Å². The number of nitrogens with one attached hydrogen (secondary N) is 2. The molecular formula is C15H22N4O2. The van der Waals surface area contributed by atoms with Gasteiger partial charge in [0.05, 0.1) is 17.9 Å². The summed E-state index contributed by atoms with van der Waals surface area (Å²) >= 11 is 0. The molecule has 0 aromatic heterocycles.